The van der Waals surface area contributed by atoms with Crippen molar-refractivity contribution in [2.45, 2.75) is 59.8 Å². The van der Waals surface area contributed by atoms with Crippen molar-refractivity contribution in [3.8, 4) is 17.1 Å². The molecular formula is C23H32ClF2N3O2. The molecule has 0 aliphatic carbocycles. The van der Waals surface area contributed by atoms with Gasteiger partial charge in [0.15, 0.2) is 0 Å². The van der Waals surface area contributed by atoms with Gasteiger partial charge in [-0.25, -0.2) is 4.98 Å². The topological polar surface area (TPSA) is 50.4 Å². The molecule has 1 aliphatic rings. The van der Waals surface area contributed by atoms with E-state index in [1.165, 1.54) is 12.1 Å². The van der Waals surface area contributed by atoms with E-state index in [1.807, 2.05) is 0 Å². The highest BCUT2D eigenvalue weighted by Gasteiger charge is 2.34. The van der Waals surface area contributed by atoms with E-state index in [0.717, 1.165) is 38.2 Å². The fourth-order valence-corrected chi connectivity index (χ4v) is 4.18. The highest BCUT2D eigenvalue weighted by Crippen LogP contribution is 2.35. The number of rotatable bonds is 8. The molecule has 5 nitrogen and oxygen atoms in total. The van der Waals surface area contributed by atoms with Gasteiger partial charge in [-0.3, -0.25) is 4.90 Å². The molecule has 1 fully saturated rings. The average molecular weight is 456 g/mol. The molecule has 3 rings (SSSR count). The molecule has 172 valence electrons. The molecule has 31 heavy (non-hydrogen) atoms. The fraction of sp³-hybridized carbons (Fsp3) is 0.609. The number of benzene rings is 1. The SMILES string of the molecule is CCCOC1CC(C(C)(C)C)CN(Cc2cnc(-c3cc(Cl)ccc3OC(F)F)[nH]2)C1. The van der Waals surface area contributed by atoms with Gasteiger partial charge in [-0.15, -0.1) is 0 Å². The van der Waals surface area contributed by atoms with Crippen LogP contribution < -0.4 is 4.74 Å². The molecule has 1 aliphatic heterocycles. The summed E-state index contributed by atoms with van der Waals surface area (Å²) in [6, 6.07) is 4.52. The Kier molecular flexibility index (Phi) is 7.94. The second-order valence-corrected chi connectivity index (χ2v) is 9.70. The molecule has 2 atom stereocenters. The average Bonchev–Trinajstić information content (AvgIpc) is 3.15. The van der Waals surface area contributed by atoms with Crippen LogP contribution in [0.25, 0.3) is 11.4 Å². The number of nitrogens with one attached hydrogen (secondary N) is 1. The number of ether oxygens (including phenoxy) is 2. The van der Waals surface area contributed by atoms with E-state index in [4.69, 9.17) is 16.3 Å². The maximum atomic E-state index is 12.8. The standard InChI is InChI=1S/C23H32ClF2N3O2/c1-5-8-30-18-9-15(23(2,3)4)12-29(14-18)13-17-11-27-21(28-17)19-10-16(24)6-7-20(19)31-22(25)26/h6-7,10-11,15,18,22H,5,8-9,12-14H2,1-4H3,(H,27,28). The van der Waals surface area contributed by atoms with Gasteiger partial charge in [-0.1, -0.05) is 39.3 Å². The normalized spacial score (nSPS) is 20.4. The first-order valence-corrected chi connectivity index (χ1v) is 11.2. The minimum Gasteiger partial charge on any atom is -0.434 e. The van der Waals surface area contributed by atoms with E-state index in [1.54, 1.807) is 12.3 Å². The molecule has 1 aromatic heterocycles. The van der Waals surface area contributed by atoms with Crippen LogP contribution in [0.15, 0.2) is 24.4 Å². The van der Waals surface area contributed by atoms with Crippen molar-refractivity contribution in [3.63, 3.8) is 0 Å². The predicted octanol–water partition coefficient (Wildman–Crippen LogP) is 5.99. The summed E-state index contributed by atoms with van der Waals surface area (Å²) in [6.07, 6.45) is 4.01. The molecule has 0 bridgehead atoms. The first kappa shape index (κ1) is 24.0. The van der Waals surface area contributed by atoms with E-state index >= 15 is 0 Å². The van der Waals surface area contributed by atoms with Crippen molar-refractivity contribution in [3.05, 3.63) is 35.1 Å². The highest BCUT2D eigenvalue weighted by atomic mass is 35.5. The zero-order valence-corrected chi connectivity index (χ0v) is 19.4. The minimum absolute atomic E-state index is 0.0408. The van der Waals surface area contributed by atoms with E-state index in [-0.39, 0.29) is 17.3 Å². The number of H-pyrrole nitrogens is 1. The monoisotopic (exact) mass is 455 g/mol. The summed E-state index contributed by atoms with van der Waals surface area (Å²) in [6.45, 7) is 9.30. The van der Waals surface area contributed by atoms with Crippen LogP contribution >= 0.6 is 11.6 Å². The molecule has 0 spiro atoms. The number of alkyl halides is 2. The Hall–Kier alpha value is -1.70. The zero-order chi connectivity index (χ0) is 22.6. The Morgan fingerprint density at radius 3 is 2.74 bits per heavy atom. The van der Waals surface area contributed by atoms with Crippen LogP contribution in [-0.2, 0) is 11.3 Å². The first-order chi connectivity index (χ1) is 14.7. The zero-order valence-electron chi connectivity index (χ0n) is 18.6. The lowest BCUT2D eigenvalue weighted by Crippen LogP contribution is -2.47. The quantitative estimate of drug-likeness (QED) is 0.530. The summed E-state index contributed by atoms with van der Waals surface area (Å²) in [4.78, 5) is 10.0. The third kappa shape index (κ3) is 6.64. The van der Waals surface area contributed by atoms with Crippen molar-refractivity contribution >= 4 is 11.6 Å². The van der Waals surface area contributed by atoms with Gasteiger partial charge in [0.1, 0.15) is 11.6 Å². The van der Waals surface area contributed by atoms with E-state index in [2.05, 4.69) is 47.3 Å². The Morgan fingerprint density at radius 2 is 2.06 bits per heavy atom. The van der Waals surface area contributed by atoms with Gasteiger partial charge in [0.05, 0.1) is 11.7 Å². The molecule has 1 saturated heterocycles. The Morgan fingerprint density at radius 1 is 1.29 bits per heavy atom. The summed E-state index contributed by atoms with van der Waals surface area (Å²) >= 11 is 6.08. The first-order valence-electron chi connectivity index (χ1n) is 10.8. The molecule has 8 heteroatoms. The third-order valence-corrected chi connectivity index (χ3v) is 5.94. The van der Waals surface area contributed by atoms with E-state index in [9.17, 15) is 8.78 Å². The van der Waals surface area contributed by atoms with Crippen LogP contribution in [0.4, 0.5) is 8.78 Å². The van der Waals surface area contributed by atoms with Gasteiger partial charge < -0.3 is 14.5 Å². The molecule has 0 amide bonds. The largest absolute Gasteiger partial charge is 0.434 e. The number of hydrogen-bond acceptors (Lipinski definition) is 4. The Bertz CT molecular complexity index is 854. The number of hydrogen-bond donors (Lipinski definition) is 1. The van der Waals surface area contributed by atoms with Gasteiger partial charge in [0, 0.05) is 43.2 Å². The van der Waals surface area contributed by atoms with Crippen LogP contribution in [0.3, 0.4) is 0 Å². The van der Waals surface area contributed by atoms with Gasteiger partial charge in [-0.05, 0) is 42.4 Å². The molecule has 1 N–H and O–H groups in total. The van der Waals surface area contributed by atoms with Crippen LogP contribution in [0.5, 0.6) is 5.75 Å². The summed E-state index contributed by atoms with van der Waals surface area (Å²) in [5.41, 5.74) is 1.50. The second kappa shape index (κ2) is 10.3. The number of halogens is 3. The predicted molar refractivity (Wildman–Crippen MR) is 119 cm³/mol. The molecule has 1 aromatic carbocycles. The number of piperidine rings is 1. The van der Waals surface area contributed by atoms with Gasteiger partial charge in [-0.2, -0.15) is 8.78 Å². The lowest BCUT2D eigenvalue weighted by Gasteiger charge is -2.43. The van der Waals surface area contributed by atoms with Crippen LogP contribution in [0.1, 0.15) is 46.2 Å². The Labute approximate surface area is 188 Å². The van der Waals surface area contributed by atoms with Crippen LogP contribution in [-0.4, -0.2) is 47.3 Å². The van der Waals surface area contributed by atoms with Gasteiger partial charge in [0.25, 0.3) is 0 Å². The number of likely N-dealkylation sites (tertiary alicyclic amines) is 1. The third-order valence-electron chi connectivity index (χ3n) is 5.71. The molecule has 0 radical (unpaired) electrons. The maximum absolute atomic E-state index is 12.8. The smallest absolute Gasteiger partial charge is 0.387 e. The maximum Gasteiger partial charge on any atom is 0.387 e. The van der Waals surface area contributed by atoms with Gasteiger partial charge in [0.2, 0.25) is 0 Å². The molecule has 2 heterocycles. The van der Waals surface area contributed by atoms with Crippen molar-refractivity contribution in [1.29, 1.82) is 0 Å². The lowest BCUT2D eigenvalue weighted by molar-refractivity contribution is -0.0494. The highest BCUT2D eigenvalue weighted by molar-refractivity contribution is 6.30. The van der Waals surface area contributed by atoms with Crippen molar-refractivity contribution < 1.29 is 18.3 Å². The molecular weight excluding hydrogens is 424 g/mol. The fourth-order valence-electron chi connectivity index (χ4n) is 4.01. The molecule has 2 aromatic rings. The minimum atomic E-state index is -2.92. The Balaban J connectivity index is 1.76. The van der Waals surface area contributed by atoms with Crippen LogP contribution in [0.2, 0.25) is 5.02 Å². The summed E-state index contributed by atoms with van der Waals surface area (Å²) in [5, 5.41) is 0.425. The van der Waals surface area contributed by atoms with Crippen molar-refractivity contribution in [2.24, 2.45) is 11.3 Å². The number of imidazole rings is 1. The van der Waals surface area contributed by atoms with Crippen LogP contribution in [0, 0.1) is 11.3 Å². The van der Waals surface area contributed by atoms with Gasteiger partial charge >= 0.3 is 6.61 Å². The summed E-state index contributed by atoms with van der Waals surface area (Å²) in [5.74, 6) is 1.01. The number of aromatic nitrogens is 2. The lowest BCUT2D eigenvalue weighted by atomic mass is 9.75. The van der Waals surface area contributed by atoms with Crippen molar-refractivity contribution in [2.75, 3.05) is 19.7 Å². The number of aromatic amines is 1. The molecule has 2 unspecified atom stereocenters. The summed E-state index contributed by atoms with van der Waals surface area (Å²) < 4.78 is 36.3. The molecule has 0 saturated carbocycles. The van der Waals surface area contributed by atoms with Crippen molar-refractivity contribution in [1.82, 2.24) is 14.9 Å². The summed E-state index contributed by atoms with van der Waals surface area (Å²) in [7, 11) is 0. The number of nitrogens with zero attached hydrogens (tertiary/aromatic N) is 2. The van der Waals surface area contributed by atoms with E-state index in [0.29, 0.717) is 28.9 Å². The van der Waals surface area contributed by atoms with E-state index < -0.39 is 6.61 Å². The second-order valence-electron chi connectivity index (χ2n) is 9.26.